The Balaban J connectivity index is 2.04. The van der Waals surface area contributed by atoms with Crippen molar-refractivity contribution in [2.24, 2.45) is 0 Å². The molecule has 0 bridgehead atoms. The molecule has 102 valence electrons. The van der Waals surface area contributed by atoms with Gasteiger partial charge in [0.2, 0.25) is 0 Å². The molecular weight excluding hydrogens is 256 g/mol. The third-order valence-electron chi connectivity index (χ3n) is 2.63. The number of aldehydes is 1. The zero-order chi connectivity index (χ0) is 14.4. The van der Waals surface area contributed by atoms with Gasteiger partial charge in [-0.05, 0) is 55.5 Å². The van der Waals surface area contributed by atoms with E-state index in [2.05, 4.69) is 0 Å². The molecule has 0 N–H and O–H groups in total. The van der Waals surface area contributed by atoms with E-state index in [0.29, 0.717) is 29.2 Å². The van der Waals surface area contributed by atoms with Crippen LogP contribution in [0.3, 0.4) is 0 Å². The SMILES string of the molecule is CCOc1ccc(C(=O)Oc2ccc(C=O)cc2)cc1. The summed E-state index contributed by atoms with van der Waals surface area (Å²) in [5.74, 6) is 0.653. The first-order valence-electron chi connectivity index (χ1n) is 6.23. The van der Waals surface area contributed by atoms with Gasteiger partial charge in [0.05, 0.1) is 12.2 Å². The second kappa shape index (κ2) is 6.52. The fraction of sp³-hybridized carbons (Fsp3) is 0.125. The number of hydrogen-bond donors (Lipinski definition) is 0. The molecule has 0 fully saturated rings. The second-order valence-electron chi connectivity index (χ2n) is 4.03. The molecule has 2 rings (SSSR count). The number of carbonyl (C=O) groups is 2. The van der Waals surface area contributed by atoms with Crippen LogP contribution in [0.1, 0.15) is 27.6 Å². The summed E-state index contributed by atoms with van der Waals surface area (Å²) in [6.07, 6.45) is 0.734. The van der Waals surface area contributed by atoms with Gasteiger partial charge < -0.3 is 9.47 Å². The molecule has 0 spiro atoms. The molecule has 0 unspecified atom stereocenters. The molecule has 20 heavy (non-hydrogen) atoms. The largest absolute Gasteiger partial charge is 0.494 e. The number of ether oxygens (including phenoxy) is 2. The van der Waals surface area contributed by atoms with Crippen molar-refractivity contribution in [1.29, 1.82) is 0 Å². The van der Waals surface area contributed by atoms with E-state index in [-0.39, 0.29) is 0 Å². The summed E-state index contributed by atoms with van der Waals surface area (Å²) in [4.78, 5) is 22.4. The van der Waals surface area contributed by atoms with Gasteiger partial charge in [0.15, 0.2) is 0 Å². The van der Waals surface area contributed by atoms with Gasteiger partial charge >= 0.3 is 5.97 Å². The first-order valence-corrected chi connectivity index (χ1v) is 6.23. The quantitative estimate of drug-likeness (QED) is 0.476. The molecule has 0 heterocycles. The van der Waals surface area contributed by atoms with Gasteiger partial charge in [0.1, 0.15) is 17.8 Å². The van der Waals surface area contributed by atoms with Crippen molar-refractivity contribution in [3.05, 3.63) is 59.7 Å². The van der Waals surface area contributed by atoms with Gasteiger partial charge in [0, 0.05) is 5.56 Å². The predicted octanol–water partition coefficient (Wildman–Crippen LogP) is 3.12. The van der Waals surface area contributed by atoms with Crippen LogP contribution in [0.2, 0.25) is 0 Å². The fourth-order valence-corrected chi connectivity index (χ4v) is 1.63. The van der Waals surface area contributed by atoms with Gasteiger partial charge in [-0.15, -0.1) is 0 Å². The molecule has 0 aliphatic rings. The maximum absolute atomic E-state index is 11.9. The van der Waals surface area contributed by atoms with E-state index in [1.165, 1.54) is 0 Å². The normalized spacial score (nSPS) is 9.85. The van der Waals surface area contributed by atoms with Crippen molar-refractivity contribution in [3.63, 3.8) is 0 Å². The summed E-state index contributed by atoms with van der Waals surface area (Å²) in [5.41, 5.74) is 0.971. The molecule has 4 heteroatoms. The van der Waals surface area contributed by atoms with Gasteiger partial charge in [-0.25, -0.2) is 4.79 Å². The number of esters is 1. The average molecular weight is 270 g/mol. The van der Waals surface area contributed by atoms with E-state index < -0.39 is 5.97 Å². The highest BCUT2D eigenvalue weighted by molar-refractivity contribution is 5.91. The topological polar surface area (TPSA) is 52.6 Å². The van der Waals surface area contributed by atoms with Crippen LogP contribution in [0.15, 0.2) is 48.5 Å². The average Bonchev–Trinajstić information content (AvgIpc) is 2.49. The maximum Gasteiger partial charge on any atom is 0.343 e. The molecule has 0 aliphatic carbocycles. The van der Waals surface area contributed by atoms with Crippen molar-refractivity contribution >= 4 is 12.3 Å². The number of carbonyl (C=O) groups excluding carboxylic acids is 2. The minimum absolute atomic E-state index is 0.398. The monoisotopic (exact) mass is 270 g/mol. The van der Waals surface area contributed by atoms with Crippen molar-refractivity contribution in [2.75, 3.05) is 6.61 Å². The standard InChI is InChI=1S/C16H14O4/c1-2-19-14-9-5-13(6-10-14)16(18)20-15-7-3-12(11-17)4-8-15/h3-11H,2H2,1H3. The van der Waals surface area contributed by atoms with Gasteiger partial charge in [-0.2, -0.15) is 0 Å². The predicted molar refractivity (Wildman–Crippen MR) is 74.4 cm³/mol. The van der Waals surface area contributed by atoms with Crippen LogP contribution in [-0.2, 0) is 0 Å². The number of benzene rings is 2. The minimum Gasteiger partial charge on any atom is -0.494 e. The molecular formula is C16H14O4. The van der Waals surface area contributed by atoms with E-state index in [4.69, 9.17) is 9.47 Å². The van der Waals surface area contributed by atoms with Crippen molar-refractivity contribution in [3.8, 4) is 11.5 Å². The molecule has 0 aliphatic heterocycles. The van der Waals surface area contributed by atoms with Crippen LogP contribution in [0.25, 0.3) is 0 Å². The fourth-order valence-electron chi connectivity index (χ4n) is 1.63. The summed E-state index contributed by atoms with van der Waals surface area (Å²) in [5, 5.41) is 0. The summed E-state index contributed by atoms with van der Waals surface area (Å²) < 4.78 is 10.5. The summed E-state index contributed by atoms with van der Waals surface area (Å²) >= 11 is 0. The minimum atomic E-state index is -0.452. The Morgan fingerprint density at radius 2 is 1.60 bits per heavy atom. The molecule has 4 nitrogen and oxygen atoms in total. The van der Waals surface area contributed by atoms with E-state index in [0.717, 1.165) is 6.29 Å². The highest BCUT2D eigenvalue weighted by Gasteiger charge is 2.08. The van der Waals surface area contributed by atoms with E-state index >= 15 is 0 Å². The third kappa shape index (κ3) is 3.45. The second-order valence-corrected chi connectivity index (χ2v) is 4.03. The molecule has 0 amide bonds. The lowest BCUT2D eigenvalue weighted by molar-refractivity contribution is 0.0734. The Hall–Kier alpha value is -2.62. The summed E-state index contributed by atoms with van der Waals surface area (Å²) in [6.45, 7) is 2.47. The van der Waals surface area contributed by atoms with Crippen LogP contribution < -0.4 is 9.47 Å². The maximum atomic E-state index is 11.9. The summed E-state index contributed by atoms with van der Waals surface area (Å²) in [7, 11) is 0. The van der Waals surface area contributed by atoms with Crippen LogP contribution in [-0.4, -0.2) is 18.9 Å². The number of rotatable bonds is 5. The Kier molecular flexibility index (Phi) is 4.50. The Bertz CT molecular complexity index is 585. The zero-order valence-electron chi connectivity index (χ0n) is 11.0. The molecule has 0 aromatic heterocycles. The van der Waals surface area contributed by atoms with E-state index in [1.807, 2.05) is 6.92 Å². The van der Waals surface area contributed by atoms with E-state index in [9.17, 15) is 9.59 Å². The molecule has 2 aromatic carbocycles. The van der Waals surface area contributed by atoms with Gasteiger partial charge in [-0.3, -0.25) is 4.79 Å². The van der Waals surface area contributed by atoms with Crippen LogP contribution in [0.5, 0.6) is 11.5 Å². The highest BCUT2D eigenvalue weighted by atomic mass is 16.5. The molecule has 0 saturated heterocycles. The molecule has 0 saturated carbocycles. The van der Waals surface area contributed by atoms with Crippen LogP contribution >= 0.6 is 0 Å². The smallest absolute Gasteiger partial charge is 0.343 e. The molecule has 2 aromatic rings. The lowest BCUT2D eigenvalue weighted by atomic mass is 10.2. The molecule has 0 radical (unpaired) electrons. The third-order valence-corrected chi connectivity index (χ3v) is 2.63. The highest BCUT2D eigenvalue weighted by Crippen LogP contribution is 2.16. The Morgan fingerprint density at radius 3 is 2.15 bits per heavy atom. The van der Waals surface area contributed by atoms with E-state index in [1.54, 1.807) is 48.5 Å². The lowest BCUT2D eigenvalue weighted by Crippen LogP contribution is -2.08. The van der Waals surface area contributed by atoms with Crippen LogP contribution in [0, 0.1) is 0 Å². The lowest BCUT2D eigenvalue weighted by Gasteiger charge is -2.06. The van der Waals surface area contributed by atoms with Crippen LogP contribution in [0.4, 0.5) is 0 Å². The van der Waals surface area contributed by atoms with Crippen molar-refractivity contribution in [1.82, 2.24) is 0 Å². The van der Waals surface area contributed by atoms with Crippen molar-refractivity contribution in [2.45, 2.75) is 6.92 Å². The first kappa shape index (κ1) is 13.8. The first-order chi connectivity index (χ1) is 9.72. The Labute approximate surface area is 116 Å². The molecule has 0 atom stereocenters. The summed E-state index contributed by atoms with van der Waals surface area (Å²) in [6, 6.07) is 13.1. The van der Waals surface area contributed by atoms with Crippen molar-refractivity contribution < 1.29 is 19.1 Å². The van der Waals surface area contributed by atoms with Gasteiger partial charge in [-0.1, -0.05) is 0 Å². The number of hydrogen-bond acceptors (Lipinski definition) is 4. The Morgan fingerprint density at radius 1 is 1.00 bits per heavy atom. The van der Waals surface area contributed by atoms with Gasteiger partial charge in [0.25, 0.3) is 0 Å². The zero-order valence-corrected chi connectivity index (χ0v) is 11.0.